The standard InChI is InChI=1S/C21H21N3O3S/c1-14-17(10-11-26-14)20-22-23-21(24(20)2)28-13-16(25)12-27-19-9-5-7-15-6-3-4-8-18(15)19/h3-11,16,25H,12-13H2,1-2H3/t16-/m0/s1. The molecule has 0 aliphatic carbocycles. The van der Waals surface area contributed by atoms with E-state index < -0.39 is 6.10 Å². The highest BCUT2D eigenvalue weighted by Crippen LogP contribution is 2.27. The Bertz CT molecular complexity index is 1080. The Hall–Kier alpha value is -2.77. The maximum absolute atomic E-state index is 10.4. The van der Waals surface area contributed by atoms with Gasteiger partial charge in [-0.05, 0) is 24.4 Å². The van der Waals surface area contributed by atoms with Gasteiger partial charge in [0.15, 0.2) is 11.0 Å². The van der Waals surface area contributed by atoms with Crippen molar-refractivity contribution in [1.29, 1.82) is 0 Å². The summed E-state index contributed by atoms with van der Waals surface area (Å²) < 4.78 is 13.1. The lowest BCUT2D eigenvalue weighted by Gasteiger charge is -2.13. The van der Waals surface area contributed by atoms with E-state index in [-0.39, 0.29) is 6.61 Å². The smallest absolute Gasteiger partial charge is 0.191 e. The number of aliphatic hydroxyl groups excluding tert-OH is 1. The van der Waals surface area contributed by atoms with Gasteiger partial charge in [0.2, 0.25) is 0 Å². The van der Waals surface area contributed by atoms with E-state index in [0.717, 1.165) is 38.8 Å². The van der Waals surface area contributed by atoms with Crippen LogP contribution in [0.4, 0.5) is 0 Å². The Morgan fingerprint density at radius 1 is 1.14 bits per heavy atom. The minimum atomic E-state index is -0.625. The first-order valence-electron chi connectivity index (χ1n) is 8.99. The second kappa shape index (κ2) is 8.08. The van der Waals surface area contributed by atoms with Crippen LogP contribution in [0.25, 0.3) is 22.2 Å². The highest BCUT2D eigenvalue weighted by atomic mass is 32.2. The van der Waals surface area contributed by atoms with Crippen LogP contribution < -0.4 is 4.74 Å². The Morgan fingerprint density at radius 2 is 1.96 bits per heavy atom. The van der Waals surface area contributed by atoms with Gasteiger partial charge < -0.3 is 18.8 Å². The zero-order valence-corrected chi connectivity index (χ0v) is 16.5. The van der Waals surface area contributed by atoms with Gasteiger partial charge in [-0.2, -0.15) is 0 Å². The first-order valence-corrected chi connectivity index (χ1v) is 9.97. The molecule has 0 amide bonds. The van der Waals surface area contributed by atoms with Crippen molar-refractivity contribution >= 4 is 22.5 Å². The van der Waals surface area contributed by atoms with Crippen LogP contribution in [0.15, 0.2) is 64.4 Å². The number of thioether (sulfide) groups is 1. The molecule has 4 aromatic rings. The molecule has 0 unspecified atom stereocenters. The van der Waals surface area contributed by atoms with Gasteiger partial charge in [-0.1, -0.05) is 48.2 Å². The van der Waals surface area contributed by atoms with Crippen LogP contribution in [0.1, 0.15) is 5.76 Å². The molecule has 0 radical (unpaired) electrons. The van der Waals surface area contributed by atoms with E-state index in [4.69, 9.17) is 9.15 Å². The third kappa shape index (κ3) is 3.76. The summed E-state index contributed by atoms with van der Waals surface area (Å²) in [5, 5.41) is 21.7. The lowest BCUT2D eigenvalue weighted by atomic mass is 10.1. The molecule has 0 saturated carbocycles. The molecule has 0 fully saturated rings. The third-order valence-corrected chi connectivity index (χ3v) is 5.69. The predicted octanol–water partition coefficient (Wildman–Crippen LogP) is 4.07. The first kappa shape index (κ1) is 18.6. The molecule has 2 aromatic carbocycles. The van der Waals surface area contributed by atoms with Gasteiger partial charge in [0, 0.05) is 18.2 Å². The zero-order valence-electron chi connectivity index (χ0n) is 15.7. The number of furan rings is 1. The minimum absolute atomic E-state index is 0.215. The number of rotatable bonds is 7. The van der Waals surface area contributed by atoms with Crippen LogP contribution in [-0.4, -0.2) is 38.3 Å². The topological polar surface area (TPSA) is 73.3 Å². The van der Waals surface area contributed by atoms with Gasteiger partial charge in [0.1, 0.15) is 18.1 Å². The molecule has 7 heteroatoms. The number of aryl methyl sites for hydroxylation is 1. The summed E-state index contributed by atoms with van der Waals surface area (Å²) in [5.41, 5.74) is 0.918. The summed E-state index contributed by atoms with van der Waals surface area (Å²) in [6.07, 6.45) is 1.01. The highest BCUT2D eigenvalue weighted by molar-refractivity contribution is 7.99. The van der Waals surface area contributed by atoms with Crippen molar-refractivity contribution in [2.75, 3.05) is 12.4 Å². The summed E-state index contributed by atoms with van der Waals surface area (Å²) in [6.45, 7) is 2.11. The van der Waals surface area contributed by atoms with Crippen molar-refractivity contribution in [3.8, 4) is 17.1 Å². The molecule has 144 valence electrons. The van der Waals surface area contributed by atoms with E-state index in [0.29, 0.717) is 5.75 Å². The molecular weight excluding hydrogens is 374 g/mol. The van der Waals surface area contributed by atoms with Gasteiger partial charge in [-0.25, -0.2) is 0 Å². The molecule has 2 aromatic heterocycles. The maximum Gasteiger partial charge on any atom is 0.191 e. The number of aliphatic hydroxyl groups is 1. The number of benzene rings is 2. The van der Waals surface area contributed by atoms with Gasteiger partial charge in [-0.15, -0.1) is 10.2 Å². The molecule has 0 aliphatic heterocycles. The minimum Gasteiger partial charge on any atom is -0.490 e. The van der Waals surface area contributed by atoms with Gasteiger partial charge in [0.05, 0.1) is 17.9 Å². The molecule has 4 rings (SSSR count). The summed E-state index contributed by atoms with van der Waals surface area (Å²) in [4.78, 5) is 0. The van der Waals surface area contributed by atoms with Gasteiger partial charge in [-0.3, -0.25) is 0 Å². The molecule has 0 spiro atoms. The summed E-state index contributed by atoms with van der Waals surface area (Å²) in [6, 6.07) is 15.8. The van der Waals surface area contributed by atoms with Gasteiger partial charge in [0.25, 0.3) is 0 Å². The third-order valence-electron chi connectivity index (χ3n) is 4.52. The molecule has 6 nitrogen and oxygen atoms in total. The van der Waals surface area contributed by atoms with Crippen LogP contribution in [-0.2, 0) is 7.05 Å². The van der Waals surface area contributed by atoms with E-state index in [1.807, 2.05) is 67.1 Å². The Kier molecular flexibility index (Phi) is 5.36. The zero-order chi connectivity index (χ0) is 19.5. The van der Waals surface area contributed by atoms with E-state index in [1.165, 1.54) is 11.8 Å². The van der Waals surface area contributed by atoms with Crippen molar-refractivity contribution in [1.82, 2.24) is 14.8 Å². The molecule has 0 bridgehead atoms. The average Bonchev–Trinajstić information content (AvgIpc) is 3.29. The van der Waals surface area contributed by atoms with Crippen LogP contribution in [0.3, 0.4) is 0 Å². The second-order valence-corrected chi connectivity index (χ2v) is 7.50. The summed E-state index contributed by atoms with van der Waals surface area (Å²) in [7, 11) is 1.91. The normalized spacial score (nSPS) is 12.4. The quantitative estimate of drug-likeness (QED) is 0.476. The average molecular weight is 395 g/mol. The van der Waals surface area contributed by atoms with E-state index >= 15 is 0 Å². The fourth-order valence-corrected chi connectivity index (χ4v) is 3.83. The van der Waals surface area contributed by atoms with E-state index in [2.05, 4.69) is 10.2 Å². The Labute approximate surface area is 167 Å². The van der Waals surface area contributed by atoms with Crippen LogP contribution in [0.2, 0.25) is 0 Å². The lowest BCUT2D eigenvalue weighted by Crippen LogP contribution is -2.20. The summed E-state index contributed by atoms with van der Waals surface area (Å²) >= 11 is 1.45. The number of ether oxygens (including phenoxy) is 1. The number of fused-ring (bicyclic) bond motifs is 1. The highest BCUT2D eigenvalue weighted by Gasteiger charge is 2.16. The monoisotopic (exact) mass is 395 g/mol. The molecule has 0 saturated heterocycles. The Morgan fingerprint density at radius 3 is 2.79 bits per heavy atom. The van der Waals surface area contributed by atoms with E-state index in [9.17, 15) is 5.11 Å². The first-order chi connectivity index (χ1) is 13.6. The molecule has 1 atom stereocenters. The van der Waals surface area contributed by atoms with Crippen LogP contribution >= 0.6 is 11.8 Å². The molecular formula is C21H21N3O3S. The predicted molar refractivity (Wildman–Crippen MR) is 110 cm³/mol. The fourth-order valence-electron chi connectivity index (χ4n) is 3.02. The summed E-state index contributed by atoms with van der Waals surface area (Å²) in [5.74, 6) is 2.78. The Balaban J connectivity index is 1.37. The largest absolute Gasteiger partial charge is 0.490 e. The van der Waals surface area contributed by atoms with Crippen molar-refractivity contribution in [2.45, 2.75) is 18.2 Å². The van der Waals surface area contributed by atoms with Crippen molar-refractivity contribution < 1.29 is 14.3 Å². The van der Waals surface area contributed by atoms with Crippen LogP contribution in [0, 0.1) is 6.92 Å². The molecule has 28 heavy (non-hydrogen) atoms. The van der Waals surface area contributed by atoms with Gasteiger partial charge >= 0.3 is 0 Å². The van der Waals surface area contributed by atoms with Crippen molar-refractivity contribution in [3.63, 3.8) is 0 Å². The number of hydrogen-bond donors (Lipinski definition) is 1. The van der Waals surface area contributed by atoms with Crippen molar-refractivity contribution in [3.05, 3.63) is 60.6 Å². The molecule has 1 N–H and O–H groups in total. The fraction of sp³-hybridized carbons (Fsp3) is 0.238. The van der Waals surface area contributed by atoms with Crippen molar-refractivity contribution in [2.24, 2.45) is 7.05 Å². The number of aromatic nitrogens is 3. The lowest BCUT2D eigenvalue weighted by molar-refractivity contribution is 0.127. The molecule has 2 heterocycles. The molecule has 0 aliphatic rings. The second-order valence-electron chi connectivity index (χ2n) is 6.51. The number of nitrogens with zero attached hydrogens (tertiary/aromatic N) is 3. The van der Waals surface area contributed by atoms with Crippen LogP contribution in [0.5, 0.6) is 5.75 Å². The SMILES string of the molecule is Cc1occc1-c1nnc(SC[C@@H](O)COc2cccc3ccccc23)n1C. The maximum atomic E-state index is 10.4. The van der Waals surface area contributed by atoms with E-state index in [1.54, 1.807) is 6.26 Å². The number of hydrogen-bond acceptors (Lipinski definition) is 6.